The summed E-state index contributed by atoms with van der Waals surface area (Å²) in [5.74, 6) is -0.299. The Hall–Kier alpha value is -1.71. The summed E-state index contributed by atoms with van der Waals surface area (Å²) in [6, 6.07) is 9.97. The van der Waals surface area contributed by atoms with Crippen molar-refractivity contribution in [2.45, 2.75) is 6.92 Å². The number of thiazole rings is 1. The van der Waals surface area contributed by atoms with Crippen LogP contribution < -0.4 is 0 Å². The first-order valence-electron chi connectivity index (χ1n) is 5.86. The monoisotopic (exact) mass is 290 g/mol. The molecule has 0 unspecified atom stereocenters. The Kier molecular flexibility index (Phi) is 3.32. The highest BCUT2D eigenvalue weighted by Crippen LogP contribution is 2.30. The molecular formula is C13H11N2O2PS. The first-order chi connectivity index (χ1) is 9.31. The molecule has 2 aromatic heterocycles. The number of esters is 1. The molecule has 0 saturated heterocycles. The van der Waals surface area contributed by atoms with Crippen molar-refractivity contribution < 1.29 is 9.53 Å². The quantitative estimate of drug-likeness (QED) is 0.689. The molecule has 2 heterocycles. The second-order valence-corrected chi connectivity index (χ2v) is 5.51. The molecule has 19 heavy (non-hydrogen) atoms. The number of nitrogens with zero attached hydrogens (tertiary/aromatic N) is 2. The number of hydrogen-bond donors (Lipinski definition) is 0. The summed E-state index contributed by atoms with van der Waals surface area (Å²) >= 11 is 1.53. The molecule has 0 N–H and O–H groups in total. The van der Waals surface area contributed by atoms with E-state index in [4.69, 9.17) is 4.74 Å². The number of fused-ring (bicyclic) bond motifs is 1. The van der Waals surface area contributed by atoms with Gasteiger partial charge in [0, 0.05) is 5.38 Å². The lowest BCUT2D eigenvalue weighted by Gasteiger charge is -2.03. The van der Waals surface area contributed by atoms with E-state index in [1.54, 1.807) is 6.92 Å². The molecule has 0 spiro atoms. The van der Waals surface area contributed by atoms with Crippen LogP contribution in [0.3, 0.4) is 0 Å². The van der Waals surface area contributed by atoms with Gasteiger partial charge in [0.15, 0.2) is 10.4 Å². The van der Waals surface area contributed by atoms with Crippen LogP contribution in [0, 0.1) is 0 Å². The summed E-state index contributed by atoms with van der Waals surface area (Å²) in [4.78, 5) is 12.8. The molecule has 0 bridgehead atoms. The molecule has 3 aromatic rings. The van der Waals surface area contributed by atoms with Crippen molar-refractivity contribution in [2.75, 3.05) is 6.61 Å². The highest BCUT2D eigenvalue weighted by Gasteiger charge is 2.18. The maximum Gasteiger partial charge on any atom is 0.361 e. The van der Waals surface area contributed by atoms with Crippen LogP contribution in [0.4, 0.5) is 0 Å². The molecule has 3 rings (SSSR count). The van der Waals surface area contributed by atoms with E-state index >= 15 is 0 Å². The molecule has 0 aliphatic carbocycles. The Morgan fingerprint density at radius 1 is 1.42 bits per heavy atom. The van der Waals surface area contributed by atoms with Crippen LogP contribution >= 0.6 is 19.7 Å². The highest BCUT2D eigenvalue weighted by molar-refractivity contribution is 7.29. The van der Waals surface area contributed by atoms with Gasteiger partial charge in [-0.1, -0.05) is 30.3 Å². The van der Waals surface area contributed by atoms with Gasteiger partial charge in [0.1, 0.15) is 0 Å². The average molecular weight is 290 g/mol. The highest BCUT2D eigenvalue weighted by atomic mass is 32.1. The SMILES string of the molecule is CCOC(=O)c1pnc2scc(-c3ccccc3)n12. The standard InChI is InChI=1S/C13H11N2O2PS/c1-2-17-12(16)11-15-10(8-19-13(15)14-18-11)9-6-4-3-5-7-9/h3-8H,2H2,1H3. The third-order valence-electron chi connectivity index (χ3n) is 2.68. The summed E-state index contributed by atoms with van der Waals surface area (Å²) in [7, 11) is 0.655. The largest absolute Gasteiger partial charge is 0.461 e. The van der Waals surface area contributed by atoms with E-state index < -0.39 is 0 Å². The zero-order valence-electron chi connectivity index (χ0n) is 10.2. The van der Waals surface area contributed by atoms with Gasteiger partial charge in [-0.05, 0) is 12.5 Å². The summed E-state index contributed by atoms with van der Waals surface area (Å²) < 4.78 is 11.3. The van der Waals surface area contributed by atoms with Crippen molar-refractivity contribution in [1.82, 2.24) is 9.15 Å². The number of benzene rings is 1. The van der Waals surface area contributed by atoms with E-state index in [1.165, 1.54) is 11.3 Å². The number of aromatic nitrogens is 2. The van der Waals surface area contributed by atoms with E-state index in [1.807, 2.05) is 40.1 Å². The van der Waals surface area contributed by atoms with Crippen LogP contribution in [0.15, 0.2) is 35.7 Å². The molecule has 0 aliphatic heterocycles. The van der Waals surface area contributed by atoms with Gasteiger partial charge in [0.05, 0.1) is 20.7 Å². The minimum atomic E-state index is -0.299. The minimum absolute atomic E-state index is 0.299. The second-order valence-electron chi connectivity index (χ2n) is 3.85. The first-order valence-corrected chi connectivity index (χ1v) is 7.59. The van der Waals surface area contributed by atoms with Gasteiger partial charge in [-0.2, -0.15) is 4.75 Å². The Morgan fingerprint density at radius 2 is 2.21 bits per heavy atom. The fourth-order valence-electron chi connectivity index (χ4n) is 1.86. The van der Waals surface area contributed by atoms with E-state index in [9.17, 15) is 4.79 Å². The third-order valence-corrected chi connectivity index (χ3v) is 4.50. The predicted molar refractivity (Wildman–Crippen MR) is 77.0 cm³/mol. The summed E-state index contributed by atoms with van der Waals surface area (Å²) in [5, 5.41) is 2.02. The van der Waals surface area contributed by atoms with Gasteiger partial charge in [-0.25, -0.2) is 4.79 Å². The number of carbonyl (C=O) groups is 1. The van der Waals surface area contributed by atoms with Crippen molar-refractivity contribution in [1.29, 1.82) is 0 Å². The maximum absolute atomic E-state index is 11.9. The zero-order valence-corrected chi connectivity index (χ0v) is 11.9. The Morgan fingerprint density at radius 3 is 2.95 bits per heavy atom. The van der Waals surface area contributed by atoms with E-state index in [0.29, 0.717) is 20.4 Å². The van der Waals surface area contributed by atoms with Gasteiger partial charge >= 0.3 is 5.97 Å². The molecule has 96 valence electrons. The topological polar surface area (TPSA) is 43.6 Å². The lowest BCUT2D eigenvalue weighted by molar-refractivity contribution is 0.0524. The summed E-state index contributed by atoms with van der Waals surface area (Å²) in [6.07, 6.45) is 0. The van der Waals surface area contributed by atoms with Gasteiger partial charge in [0.2, 0.25) is 0 Å². The summed E-state index contributed by atoms with van der Waals surface area (Å²) in [5.41, 5.74) is 2.62. The first kappa shape index (κ1) is 12.3. The van der Waals surface area contributed by atoms with Crippen molar-refractivity contribution in [3.8, 4) is 11.3 Å². The maximum atomic E-state index is 11.9. The number of hydrogen-bond acceptors (Lipinski definition) is 4. The van der Waals surface area contributed by atoms with Crippen LogP contribution in [0.5, 0.6) is 0 Å². The van der Waals surface area contributed by atoms with Gasteiger partial charge in [0.25, 0.3) is 0 Å². The van der Waals surface area contributed by atoms with Crippen molar-refractivity contribution in [3.63, 3.8) is 0 Å². The van der Waals surface area contributed by atoms with Crippen LogP contribution in [-0.2, 0) is 4.74 Å². The number of carbonyl (C=O) groups excluding carboxylic acids is 1. The van der Waals surface area contributed by atoms with E-state index in [2.05, 4.69) is 4.75 Å². The predicted octanol–water partition coefficient (Wildman–Crippen LogP) is 3.82. The molecule has 0 saturated carbocycles. The summed E-state index contributed by atoms with van der Waals surface area (Å²) in [6.45, 7) is 2.18. The second kappa shape index (κ2) is 5.11. The number of rotatable bonds is 3. The molecule has 4 nitrogen and oxygen atoms in total. The fraction of sp³-hybridized carbons (Fsp3) is 0.154. The minimum Gasteiger partial charge on any atom is -0.461 e. The Bertz CT molecular complexity index is 721. The van der Waals surface area contributed by atoms with Crippen LogP contribution in [0.2, 0.25) is 0 Å². The fourth-order valence-corrected chi connectivity index (χ4v) is 3.70. The molecule has 0 fully saturated rings. The Labute approximate surface area is 115 Å². The molecule has 1 aromatic carbocycles. The van der Waals surface area contributed by atoms with Gasteiger partial charge in [-0.3, -0.25) is 4.40 Å². The van der Waals surface area contributed by atoms with Crippen molar-refractivity contribution in [2.24, 2.45) is 0 Å². The van der Waals surface area contributed by atoms with Gasteiger partial charge < -0.3 is 4.74 Å². The van der Waals surface area contributed by atoms with E-state index in [-0.39, 0.29) is 5.97 Å². The lowest BCUT2D eigenvalue weighted by atomic mass is 10.2. The normalized spacial score (nSPS) is 11.2. The molecular weight excluding hydrogens is 279 g/mol. The molecule has 0 radical (unpaired) electrons. The van der Waals surface area contributed by atoms with Crippen LogP contribution in [0.1, 0.15) is 17.1 Å². The van der Waals surface area contributed by atoms with Crippen molar-refractivity contribution >= 4 is 30.6 Å². The molecule has 0 amide bonds. The van der Waals surface area contributed by atoms with E-state index in [0.717, 1.165) is 16.2 Å². The number of ether oxygens (including phenoxy) is 1. The molecule has 0 aliphatic rings. The molecule has 6 heteroatoms. The zero-order chi connectivity index (χ0) is 13.2. The van der Waals surface area contributed by atoms with Crippen LogP contribution in [0.25, 0.3) is 16.2 Å². The lowest BCUT2D eigenvalue weighted by Crippen LogP contribution is -2.06. The smallest absolute Gasteiger partial charge is 0.361 e. The third kappa shape index (κ3) is 2.15. The Balaban J connectivity index is 2.16. The average Bonchev–Trinajstić information content (AvgIpc) is 3.01. The molecule has 0 atom stereocenters. The van der Waals surface area contributed by atoms with Crippen molar-refractivity contribution in [3.05, 3.63) is 41.1 Å². The van der Waals surface area contributed by atoms with Crippen LogP contribution in [-0.4, -0.2) is 21.7 Å². The van der Waals surface area contributed by atoms with Gasteiger partial charge in [-0.15, -0.1) is 11.3 Å².